The molecule has 1 amide bonds. The van der Waals surface area contributed by atoms with Crippen LogP contribution in [-0.4, -0.2) is 32.0 Å². The third-order valence-corrected chi connectivity index (χ3v) is 2.63. The van der Waals surface area contributed by atoms with Crippen LogP contribution in [0.3, 0.4) is 0 Å². The topological polar surface area (TPSA) is 98.7 Å². The van der Waals surface area contributed by atoms with E-state index in [2.05, 4.69) is 20.3 Å². The highest BCUT2D eigenvalue weighted by atomic mass is 16.1. The van der Waals surface area contributed by atoms with E-state index in [0.717, 1.165) is 6.54 Å². The van der Waals surface area contributed by atoms with Gasteiger partial charge in [-0.15, -0.1) is 0 Å². The molecule has 2 aromatic rings. The molecule has 100 valence electrons. The Kier molecular flexibility index (Phi) is 4.07. The SMILES string of the molecule is CC(CNC(=O)c1nccnc1N)Cn1ccnc1. The number of aromatic nitrogens is 4. The molecule has 19 heavy (non-hydrogen) atoms. The highest BCUT2D eigenvalue weighted by Gasteiger charge is 2.12. The number of carbonyl (C=O) groups excluding carboxylic acids is 1. The molecule has 1 atom stereocenters. The van der Waals surface area contributed by atoms with Gasteiger partial charge in [0.1, 0.15) is 0 Å². The molecule has 2 aromatic heterocycles. The molecule has 0 saturated heterocycles. The van der Waals surface area contributed by atoms with Gasteiger partial charge in [-0.2, -0.15) is 0 Å². The van der Waals surface area contributed by atoms with Gasteiger partial charge in [0, 0.05) is 37.9 Å². The molecule has 3 N–H and O–H groups in total. The van der Waals surface area contributed by atoms with Gasteiger partial charge in [0.2, 0.25) is 0 Å². The number of nitrogens with zero attached hydrogens (tertiary/aromatic N) is 4. The molecule has 0 aliphatic carbocycles. The summed E-state index contributed by atoms with van der Waals surface area (Å²) < 4.78 is 1.97. The fraction of sp³-hybridized carbons (Fsp3) is 0.333. The fourth-order valence-corrected chi connectivity index (χ4v) is 1.69. The Balaban J connectivity index is 1.85. The first-order valence-corrected chi connectivity index (χ1v) is 5.97. The minimum Gasteiger partial charge on any atom is -0.382 e. The zero-order chi connectivity index (χ0) is 13.7. The standard InChI is InChI=1S/C12H16N6O/c1-9(7-18-5-4-14-8-18)6-17-12(19)10-11(13)16-3-2-15-10/h2-5,8-9H,6-7H2,1H3,(H2,13,16)(H,17,19). The minimum absolute atomic E-state index is 0.141. The van der Waals surface area contributed by atoms with E-state index >= 15 is 0 Å². The van der Waals surface area contributed by atoms with Crippen molar-refractivity contribution >= 4 is 11.7 Å². The Bertz CT molecular complexity index is 539. The second-order valence-electron chi connectivity index (χ2n) is 4.36. The Labute approximate surface area is 110 Å². The van der Waals surface area contributed by atoms with Crippen LogP contribution in [0.2, 0.25) is 0 Å². The molecule has 0 aliphatic rings. The zero-order valence-corrected chi connectivity index (χ0v) is 10.7. The second kappa shape index (κ2) is 5.94. The molecule has 2 rings (SSSR count). The van der Waals surface area contributed by atoms with E-state index in [1.807, 2.05) is 17.7 Å². The van der Waals surface area contributed by atoms with Gasteiger partial charge in [-0.3, -0.25) is 4.79 Å². The number of anilines is 1. The summed E-state index contributed by atoms with van der Waals surface area (Å²) in [5, 5.41) is 2.80. The van der Waals surface area contributed by atoms with E-state index in [4.69, 9.17) is 5.73 Å². The van der Waals surface area contributed by atoms with E-state index in [1.54, 1.807) is 12.5 Å². The van der Waals surface area contributed by atoms with Crippen molar-refractivity contribution in [3.8, 4) is 0 Å². The zero-order valence-electron chi connectivity index (χ0n) is 10.7. The first-order valence-electron chi connectivity index (χ1n) is 5.97. The van der Waals surface area contributed by atoms with Crippen LogP contribution < -0.4 is 11.1 Å². The predicted molar refractivity (Wildman–Crippen MR) is 70.2 cm³/mol. The lowest BCUT2D eigenvalue weighted by atomic mass is 10.2. The summed E-state index contributed by atoms with van der Waals surface area (Å²) in [5.41, 5.74) is 5.75. The quantitative estimate of drug-likeness (QED) is 0.806. The van der Waals surface area contributed by atoms with Crippen molar-refractivity contribution in [2.75, 3.05) is 12.3 Å². The average Bonchev–Trinajstić information content (AvgIpc) is 2.89. The number of carbonyl (C=O) groups is 1. The number of rotatable bonds is 5. The van der Waals surface area contributed by atoms with Crippen LogP contribution in [0.25, 0.3) is 0 Å². The van der Waals surface area contributed by atoms with E-state index in [-0.39, 0.29) is 23.3 Å². The maximum Gasteiger partial charge on any atom is 0.273 e. The summed E-state index contributed by atoms with van der Waals surface area (Å²) >= 11 is 0. The molecule has 1 unspecified atom stereocenters. The molecule has 7 nitrogen and oxygen atoms in total. The number of nitrogens with two attached hydrogens (primary N) is 1. The van der Waals surface area contributed by atoms with E-state index in [0.29, 0.717) is 6.54 Å². The predicted octanol–water partition coefficient (Wildman–Crippen LogP) is 0.321. The second-order valence-corrected chi connectivity index (χ2v) is 4.36. The van der Waals surface area contributed by atoms with E-state index < -0.39 is 0 Å². The number of nitrogen functional groups attached to an aromatic ring is 1. The first kappa shape index (κ1) is 13.0. The van der Waals surface area contributed by atoms with Crippen LogP contribution in [0.1, 0.15) is 17.4 Å². The van der Waals surface area contributed by atoms with E-state index in [1.165, 1.54) is 12.4 Å². The molecule has 0 spiro atoms. The lowest BCUT2D eigenvalue weighted by Gasteiger charge is -2.13. The summed E-state index contributed by atoms with van der Waals surface area (Å²) in [6.07, 6.45) is 8.26. The Morgan fingerprint density at radius 2 is 2.21 bits per heavy atom. The van der Waals surface area contributed by atoms with Crippen molar-refractivity contribution in [3.05, 3.63) is 36.8 Å². The molecule has 7 heteroatoms. The van der Waals surface area contributed by atoms with Crippen molar-refractivity contribution in [1.82, 2.24) is 24.8 Å². The maximum atomic E-state index is 11.9. The lowest BCUT2D eigenvalue weighted by Crippen LogP contribution is -2.31. The molecule has 2 heterocycles. The monoisotopic (exact) mass is 260 g/mol. The molecule has 0 saturated carbocycles. The molecule has 0 radical (unpaired) electrons. The van der Waals surface area contributed by atoms with Gasteiger partial charge in [-0.25, -0.2) is 15.0 Å². The molecule has 0 bridgehead atoms. The molecule has 0 fully saturated rings. The normalized spacial score (nSPS) is 12.1. The third-order valence-electron chi connectivity index (χ3n) is 2.63. The largest absolute Gasteiger partial charge is 0.382 e. The average molecular weight is 260 g/mol. The highest BCUT2D eigenvalue weighted by molar-refractivity contribution is 5.96. The number of hydrogen-bond donors (Lipinski definition) is 2. The van der Waals surface area contributed by atoms with Crippen molar-refractivity contribution in [1.29, 1.82) is 0 Å². The number of amides is 1. The van der Waals surface area contributed by atoms with Crippen molar-refractivity contribution in [2.24, 2.45) is 5.92 Å². The van der Waals surface area contributed by atoms with Gasteiger partial charge in [0.15, 0.2) is 11.5 Å². The van der Waals surface area contributed by atoms with Crippen LogP contribution in [-0.2, 0) is 6.54 Å². The van der Waals surface area contributed by atoms with Gasteiger partial charge >= 0.3 is 0 Å². The summed E-state index contributed by atoms with van der Waals surface area (Å²) in [6, 6.07) is 0. The third kappa shape index (κ3) is 3.51. The van der Waals surface area contributed by atoms with Crippen LogP contribution in [0.15, 0.2) is 31.1 Å². The van der Waals surface area contributed by atoms with Crippen molar-refractivity contribution in [3.63, 3.8) is 0 Å². The lowest BCUT2D eigenvalue weighted by molar-refractivity contribution is 0.0942. The molecular formula is C12H16N6O. The van der Waals surface area contributed by atoms with Crippen LogP contribution in [0, 0.1) is 5.92 Å². The molecular weight excluding hydrogens is 244 g/mol. The number of nitrogens with one attached hydrogen (secondary N) is 1. The fourth-order valence-electron chi connectivity index (χ4n) is 1.69. The van der Waals surface area contributed by atoms with Gasteiger partial charge in [-0.1, -0.05) is 6.92 Å². The molecule has 0 aromatic carbocycles. The minimum atomic E-state index is -0.303. The molecule has 0 aliphatic heterocycles. The van der Waals surface area contributed by atoms with Gasteiger partial charge in [0.05, 0.1) is 6.33 Å². The summed E-state index contributed by atoms with van der Waals surface area (Å²) in [6.45, 7) is 3.36. The van der Waals surface area contributed by atoms with E-state index in [9.17, 15) is 4.79 Å². The van der Waals surface area contributed by atoms with Crippen molar-refractivity contribution in [2.45, 2.75) is 13.5 Å². The Morgan fingerprint density at radius 1 is 1.42 bits per heavy atom. The van der Waals surface area contributed by atoms with Crippen molar-refractivity contribution < 1.29 is 4.79 Å². The maximum absolute atomic E-state index is 11.9. The number of hydrogen-bond acceptors (Lipinski definition) is 5. The Morgan fingerprint density at radius 3 is 2.89 bits per heavy atom. The van der Waals surface area contributed by atoms with Gasteiger partial charge in [-0.05, 0) is 5.92 Å². The smallest absolute Gasteiger partial charge is 0.273 e. The van der Waals surface area contributed by atoms with Gasteiger partial charge < -0.3 is 15.6 Å². The van der Waals surface area contributed by atoms with Crippen LogP contribution >= 0.6 is 0 Å². The van der Waals surface area contributed by atoms with Crippen LogP contribution in [0.5, 0.6) is 0 Å². The summed E-state index contributed by atoms with van der Waals surface area (Å²) in [5.74, 6) is 0.112. The highest BCUT2D eigenvalue weighted by Crippen LogP contribution is 2.04. The first-order chi connectivity index (χ1) is 9.16. The summed E-state index contributed by atoms with van der Waals surface area (Å²) in [7, 11) is 0. The summed E-state index contributed by atoms with van der Waals surface area (Å²) in [4.78, 5) is 23.6. The van der Waals surface area contributed by atoms with Gasteiger partial charge in [0.25, 0.3) is 5.91 Å². The Hall–Kier alpha value is -2.44. The number of imidazole rings is 1. The van der Waals surface area contributed by atoms with Crippen LogP contribution in [0.4, 0.5) is 5.82 Å².